The second kappa shape index (κ2) is 7.48. The molecule has 0 aromatic heterocycles. The number of anilines is 1. The predicted molar refractivity (Wildman–Crippen MR) is 82.7 cm³/mol. The van der Waals surface area contributed by atoms with Gasteiger partial charge >= 0.3 is 0 Å². The smallest absolute Gasteiger partial charge is 0.165 e. The molecule has 0 radical (unpaired) electrons. The van der Waals surface area contributed by atoms with Crippen molar-refractivity contribution in [1.29, 1.82) is 0 Å². The second-order valence-electron chi connectivity index (χ2n) is 5.53. The lowest BCUT2D eigenvalue weighted by Gasteiger charge is -2.36. The van der Waals surface area contributed by atoms with Gasteiger partial charge in [-0.1, -0.05) is 27.2 Å². The van der Waals surface area contributed by atoms with E-state index in [1.807, 2.05) is 0 Å². The Morgan fingerprint density at radius 3 is 2.60 bits per heavy atom. The molecule has 0 aliphatic carbocycles. The van der Waals surface area contributed by atoms with Crippen molar-refractivity contribution in [2.75, 3.05) is 19.0 Å². The van der Waals surface area contributed by atoms with Gasteiger partial charge in [0.2, 0.25) is 0 Å². The van der Waals surface area contributed by atoms with Gasteiger partial charge in [-0.2, -0.15) is 0 Å². The van der Waals surface area contributed by atoms with E-state index in [9.17, 15) is 4.39 Å². The fourth-order valence-corrected chi connectivity index (χ4v) is 2.42. The predicted octanol–water partition coefficient (Wildman–Crippen LogP) is 3.79. The Bertz CT molecular complexity index is 419. The molecule has 0 spiro atoms. The van der Waals surface area contributed by atoms with E-state index in [-0.39, 0.29) is 17.1 Å². The van der Waals surface area contributed by atoms with E-state index in [2.05, 4.69) is 26.1 Å². The van der Waals surface area contributed by atoms with Crippen molar-refractivity contribution in [2.24, 2.45) is 11.7 Å². The average molecular weight is 282 g/mol. The van der Waals surface area contributed by atoms with Crippen LogP contribution in [0, 0.1) is 11.7 Å². The highest BCUT2D eigenvalue weighted by atomic mass is 19.1. The maximum Gasteiger partial charge on any atom is 0.165 e. The summed E-state index contributed by atoms with van der Waals surface area (Å²) in [4.78, 5) is 0. The molecule has 4 heteroatoms. The zero-order chi connectivity index (χ0) is 15.2. The Hall–Kier alpha value is -1.29. The van der Waals surface area contributed by atoms with Gasteiger partial charge in [0.25, 0.3) is 0 Å². The van der Waals surface area contributed by atoms with Gasteiger partial charge < -0.3 is 15.8 Å². The van der Waals surface area contributed by atoms with Gasteiger partial charge in [-0.05, 0) is 30.9 Å². The minimum Gasteiger partial charge on any atom is -0.494 e. The highest BCUT2D eigenvalue weighted by Gasteiger charge is 2.28. The van der Waals surface area contributed by atoms with Crippen LogP contribution in [0.25, 0.3) is 0 Å². The minimum atomic E-state index is -0.352. The summed E-state index contributed by atoms with van der Waals surface area (Å²) in [6, 6.07) is 4.84. The molecule has 3 N–H and O–H groups in total. The Morgan fingerprint density at radius 1 is 1.40 bits per heavy atom. The molecule has 3 nitrogen and oxygen atoms in total. The zero-order valence-corrected chi connectivity index (χ0v) is 13.0. The van der Waals surface area contributed by atoms with Crippen LogP contribution in [0.2, 0.25) is 0 Å². The largest absolute Gasteiger partial charge is 0.494 e. The van der Waals surface area contributed by atoms with E-state index in [0.29, 0.717) is 12.5 Å². The second-order valence-corrected chi connectivity index (χ2v) is 5.53. The average Bonchev–Trinajstić information content (AvgIpc) is 2.48. The van der Waals surface area contributed by atoms with E-state index in [0.717, 1.165) is 24.9 Å². The number of halogens is 1. The summed E-state index contributed by atoms with van der Waals surface area (Å²) in [7, 11) is 1.47. The van der Waals surface area contributed by atoms with Crippen molar-refractivity contribution in [1.82, 2.24) is 0 Å². The highest BCUT2D eigenvalue weighted by Crippen LogP contribution is 2.29. The summed E-state index contributed by atoms with van der Waals surface area (Å²) >= 11 is 0. The fraction of sp³-hybridized carbons (Fsp3) is 0.625. The lowest BCUT2D eigenvalue weighted by Crippen LogP contribution is -2.46. The Balaban J connectivity index is 2.95. The van der Waals surface area contributed by atoms with E-state index in [1.165, 1.54) is 13.2 Å². The molecule has 0 aliphatic heterocycles. The number of hydrogen-bond acceptors (Lipinski definition) is 3. The Kier molecular flexibility index (Phi) is 6.27. The topological polar surface area (TPSA) is 47.3 Å². The Labute approximate surface area is 121 Å². The molecule has 2 atom stereocenters. The maximum atomic E-state index is 13.5. The van der Waals surface area contributed by atoms with E-state index in [1.54, 1.807) is 12.1 Å². The quantitative estimate of drug-likeness (QED) is 0.762. The third-order valence-electron chi connectivity index (χ3n) is 4.06. The molecule has 0 fully saturated rings. The number of benzene rings is 1. The summed E-state index contributed by atoms with van der Waals surface area (Å²) in [5.41, 5.74) is 6.69. The minimum absolute atomic E-state index is 0.154. The van der Waals surface area contributed by atoms with Crippen LogP contribution < -0.4 is 15.8 Å². The van der Waals surface area contributed by atoms with E-state index >= 15 is 0 Å². The van der Waals surface area contributed by atoms with Crippen LogP contribution in [-0.4, -0.2) is 19.2 Å². The Morgan fingerprint density at radius 2 is 2.10 bits per heavy atom. The molecule has 0 amide bonds. The normalized spacial score (nSPS) is 15.5. The van der Waals surface area contributed by atoms with Crippen molar-refractivity contribution >= 4 is 5.69 Å². The molecule has 0 aliphatic rings. The first-order valence-electron chi connectivity index (χ1n) is 7.32. The number of nitrogens with one attached hydrogen (secondary N) is 1. The first-order valence-corrected chi connectivity index (χ1v) is 7.32. The molecule has 20 heavy (non-hydrogen) atoms. The maximum absolute atomic E-state index is 13.5. The first kappa shape index (κ1) is 16.8. The van der Waals surface area contributed by atoms with Gasteiger partial charge in [-0.3, -0.25) is 0 Å². The van der Waals surface area contributed by atoms with E-state index in [4.69, 9.17) is 10.5 Å². The SMILES string of the molecule is CCC(C)CC(CC)(CN)Nc1ccc(F)c(OC)c1. The van der Waals surface area contributed by atoms with Gasteiger partial charge in [0.05, 0.1) is 7.11 Å². The molecule has 1 rings (SSSR count). The van der Waals surface area contributed by atoms with Gasteiger partial charge in [-0.15, -0.1) is 0 Å². The molecule has 0 heterocycles. The standard InChI is InChI=1S/C16H27FN2O/c1-5-12(3)10-16(6-2,11-18)19-13-7-8-14(17)15(9-13)20-4/h7-9,12,19H,5-6,10-11,18H2,1-4H3. The van der Waals surface area contributed by atoms with Crippen LogP contribution in [0.1, 0.15) is 40.0 Å². The fourth-order valence-electron chi connectivity index (χ4n) is 2.42. The number of methoxy groups -OCH3 is 1. The van der Waals surface area contributed by atoms with Crippen molar-refractivity contribution < 1.29 is 9.13 Å². The van der Waals surface area contributed by atoms with Crippen molar-refractivity contribution in [2.45, 2.75) is 45.6 Å². The monoisotopic (exact) mass is 282 g/mol. The van der Waals surface area contributed by atoms with Crippen LogP contribution >= 0.6 is 0 Å². The molecule has 114 valence electrons. The highest BCUT2D eigenvalue weighted by molar-refractivity contribution is 5.50. The molecular weight excluding hydrogens is 255 g/mol. The van der Waals surface area contributed by atoms with Crippen molar-refractivity contribution in [3.63, 3.8) is 0 Å². The summed E-state index contributed by atoms with van der Waals surface area (Å²) in [6.45, 7) is 7.09. The van der Waals surface area contributed by atoms with Crippen molar-refractivity contribution in [3.05, 3.63) is 24.0 Å². The van der Waals surface area contributed by atoms with Crippen LogP contribution in [0.3, 0.4) is 0 Å². The number of ether oxygens (including phenoxy) is 1. The van der Waals surface area contributed by atoms with Gasteiger partial charge in [-0.25, -0.2) is 4.39 Å². The number of hydrogen-bond donors (Lipinski definition) is 2. The summed E-state index contributed by atoms with van der Waals surface area (Å²) in [5, 5.41) is 3.49. The van der Waals surface area contributed by atoms with Crippen LogP contribution in [0.4, 0.5) is 10.1 Å². The summed E-state index contributed by atoms with van der Waals surface area (Å²) in [6.07, 6.45) is 3.04. The molecule has 0 bridgehead atoms. The molecule has 0 saturated heterocycles. The molecule has 0 saturated carbocycles. The van der Waals surface area contributed by atoms with Gasteiger partial charge in [0.1, 0.15) is 0 Å². The molecule has 1 aromatic carbocycles. The van der Waals surface area contributed by atoms with Crippen molar-refractivity contribution in [3.8, 4) is 5.75 Å². The molecule has 1 aromatic rings. The number of rotatable bonds is 8. The summed E-state index contributed by atoms with van der Waals surface area (Å²) in [5.74, 6) is 0.490. The lowest BCUT2D eigenvalue weighted by molar-refractivity contribution is 0.346. The third-order valence-corrected chi connectivity index (χ3v) is 4.06. The van der Waals surface area contributed by atoms with Crippen LogP contribution in [-0.2, 0) is 0 Å². The van der Waals surface area contributed by atoms with Gasteiger partial charge in [0.15, 0.2) is 11.6 Å². The van der Waals surface area contributed by atoms with E-state index < -0.39 is 0 Å². The van der Waals surface area contributed by atoms with Crippen LogP contribution in [0.15, 0.2) is 18.2 Å². The van der Waals surface area contributed by atoms with Crippen LogP contribution in [0.5, 0.6) is 5.75 Å². The van der Waals surface area contributed by atoms with Gasteiger partial charge in [0, 0.05) is 23.8 Å². The third kappa shape index (κ3) is 4.10. The molecular formula is C16H27FN2O. The zero-order valence-electron chi connectivity index (χ0n) is 13.0. The summed E-state index contributed by atoms with van der Waals surface area (Å²) < 4.78 is 18.5. The molecule has 2 unspecified atom stereocenters. The lowest BCUT2D eigenvalue weighted by atomic mass is 9.84. The first-order chi connectivity index (χ1) is 9.50. The number of nitrogens with two attached hydrogens (primary N) is 1.